The maximum absolute atomic E-state index is 12.3. The van der Waals surface area contributed by atoms with Crippen LogP contribution in [-0.4, -0.2) is 32.7 Å². The fraction of sp³-hybridized carbons (Fsp3) is 0.0357. The van der Waals surface area contributed by atoms with Gasteiger partial charge in [0, 0.05) is 34.3 Å². The average Bonchev–Trinajstić information content (AvgIpc) is 2.89. The number of nitrogen functional groups attached to an aromatic ring is 2. The van der Waals surface area contributed by atoms with Gasteiger partial charge in [0.1, 0.15) is 12.1 Å². The van der Waals surface area contributed by atoms with Crippen molar-refractivity contribution in [3.8, 4) is 11.1 Å². The van der Waals surface area contributed by atoms with E-state index >= 15 is 0 Å². The first-order valence-corrected chi connectivity index (χ1v) is 12.9. The molecule has 188 valence electrons. The molecule has 0 fully saturated rings. The van der Waals surface area contributed by atoms with Crippen LogP contribution in [0, 0.1) is 5.41 Å². The molecule has 0 bridgehead atoms. The first-order valence-electron chi connectivity index (χ1n) is 11.0. The van der Waals surface area contributed by atoms with E-state index in [2.05, 4.69) is 5.32 Å². The highest BCUT2D eigenvalue weighted by Gasteiger charge is 2.14. The van der Waals surface area contributed by atoms with Crippen molar-refractivity contribution in [2.45, 2.75) is 4.90 Å². The van der Waals surface area contributed by atoms with E-state index in [0.717, 1.165) is 11.8 Å². The number of hydrogen-bond donors (Lipinski definition) is 4. The smallest absolute Gasteiger partial charge is 0.257 e. The largest absolute Gasteiger partial charge is 0.398 e. The number of amidine groups is 1. The average molecular weight is 515 g/mol. The summed E-state index contributed by atoms with van der Waals surface area (Å²) in [6.07, 6.45) is 1.91. The maximum Gasteiger partial charge on any atom is 0.257 e. The zero-order chi connectivity index (χ0) is 27.0. The normalized spacial score (nSPS) is 10.5. The second kappa shape index (κ2) is 11.8. The summed E-state index contributed by atoms with van der Waals surface area (Å²) in [4.78, 5) is 22.8. The molecule has 0 spiro atoms. The van der Waals surface area contributed by atoms with Gasteiger partial charge in [0.15, 0.2) is 9.84 Å². The first-order chi connectivity index (χ1) is 17.6. The molecule has 9 heteroatoms. The van der Waals surface area contributed by atoms with Gasteiger partial charge in [0.05, 0.1) is 10.5 Å². The Morgan fingerprint density at radius 2 is 1.54 bits per heavy atom. The summed E-state index contributed by atoms with van der Waals surface area (Å²) >= 11 is 0. The Hall–Kier alpha value is -4.76. The highest BCUT2D eigenvalue weighted by molar-refractivity contribution is 7.90. The van der Waals surface area contributed by atoms with Gasteiger partial charge in [-0.25, -0.2) is 8.42 Å². The second-order valence-corrected chi connectivity index (χ2v) is 10.0. The topological polar surface area (TPSA) is 156 Å². The molecular formula is C28H26N4O4S. The molecule has 0 heterocycles. The van der Waals surface area contributed by atoms with Crippen LogP contribution in [0.5, 0.6) is 0 Å². The number of hydrogen-bond acceptors (Lipinski definition) is 6. The Morgan fingerprint density at radius 3 is 2.16 bits per heavy atom. The van der Waals surface area contributed by atoms with E-state index in [9.17, 15) is 18.0 Å². The summed E-state index contributed by atoms with van der Waals surface area (Å²) in [6.45, 7) is 0. The van der Waals surface area contributed by atoms with Crippen LogP contribution in [0.15, 0.2) is 102 Å². The van der Waals surface area contributed by atoms with E-state index in [1.54, 1.807) is 97.1 Å². The molecule has 6 N–H and O–H groups in total. The molecule has 4 aromatic rings. The fourth-order valence-electron chi connectivity index (χ4n) is 3.44. The molecule has 4 aromatic carbocycles. The SMILES string of the molecule is CS(=O)(=O)c1ccccc1-c1ccc(NC(=O)c2ccccc2N)cc1.N=C(N)c1cccc(C=O)c1. The van der Waals surface area contributed by atoms with Crippen LogP contribution < -0.4 is 16.8 Å². The summed E-state index contributed by atoms with van der Waals surface area (Å²) in [7, 11) is -3.34. The zero-order valence-electron chi connectivity index (χ0n) is 20.0. The first kappa shape index (κ1) is 26.8. The van der Waals surface area contributed by atoms with Crippen molar-refractivity contribution >= 4 is 39.2 Å². The van der Waals surface area contributed by atoms with E-state index in [-0.39, 0.29) is 16.6 Å². The monoisotopic (exact) mass is 514 g/mol. The summed E-state index contributed by atoms with van der Waals surface area (Å²) in [5, 5.41) is 9.85. The number of benzene rings is 4. The van der Waals surface area contributed by atoms with E-state index < -0.39 is 9.84 Å². The summed E-state index contributed by atoms with van der Waals surface area (Å²) in [5.41, 5.74) is 14.9. The Kier molecular flexibility index (Phi) is 8.55. The molecule has 0 atom stereocenters. The standard InChI is InChI=1S/C20H18N2O3S.C8H8N2O/c1-26(24,25)19-9-5-3-6-16(19)14-10-12-15(13-11-14)22-20(23)17-7-2-4-8-18(17)21;9-8(10)7-3-1-2-6(4-7)5-11/h2-13H,21H2,1H3,(H,22,23);1-5H,(H3,9,10). The van der Waals surface area contributed by atoms with Crippen molar-refractivity contribution in [2.24, 2.45) is 5.73 Å². The van der Waals surface area contributed by atoms with E-state index in [4.69, 9.17) is 16.9 Å². The van der Waals surface area contributed by atoms with Crippen LogP contribution >= 0.6 is 0 Å². The lowest BCUT2D eigenvalue weighted by Crippen LogP contribution is -2.13. The number of para-hydroxylation sites is 1. The zero-order valence-corrected chi connectivity index (χ0v) is 20.8. The predicted octanol–water partition coefficient (Wildman–Crippen LogP) is 4.37. The third-order valence-corrected chi connectivity index (χ3v) is 6.43. The van der Waals surface area contributed by atoms with Crippen LogP contribution in [-0.2, 0) is 9.84 Å². The molecule has 37 heavy (non-hydrogen) atoms. The molecule has 0 saturated heterocycles. The lowest BCUT2D eigenvalue weighted by Gasteiger charge is -2.10. The number of amides is 1. The van der Waals surface area contributed by atoms with Crippen molar-refractivity contribution in [3.63, 3.8) is 0 Å². The van der Waals surface area contributed by atoms with Crippen LogP contribution in [0.25, 0.3) is 11.1 Å². The lowest BCUT2D eigenvalue weighted by atomic mass is 10.1. The quantitative estimate of drug-likeness (QED) is 0.129. The summed E-state index contributed by atoms with van der Waals surface area (Å²) in [5.74, 6) is -0.318. The van der Waals surface area contributed by atoms with Crippen molar-refractivity contribution in [1.29, 1.82) is 5.41 Å². The molecule has 0 aliphatic rings. The van der Waals surface area contributed by atoms with Gasteiger partial charge in [0.2, 0.25) is 0 Å². The van der Waals surface area contributed by atoms with Crippen molar-refractivity contribution in [1.82, 2.24) is 0 Å². The van der Waals surface area contributed by atoms with E-state index in [0.29, 0.717) is 33.6 Å². The predicted molar refractivity (Wildman–Crippen MR) is 147 cm³/mol. The Balaban J connectivity index is 0.000000289. The minimum atomic E-state index is -3.34. The minimum Gasteiger partial charge on any atom is -0.398 e. The number of nitrogens with two attached hydrogens (primary N) is 2. The number of carbonyl (C=O) groups excluding carboxylic acids is 2. The molecule has 4 rings (SSSR count). The minimum absolute atomic E-state index is 0.0197. The van der Waals surface area contributed by atoms with E-state index in [1.165, 1.54) is 6.26 Å². The van der Waals surface area contributed by atoms with E-state index in [1.807, 2.05) is 0 Å². The number of carbonyl (C=O) groups is 2. The second-order valence-electron chi connectivity index (χ2n) is 8.04. The molecule has 0 aromatic heterocycles. The Morgan fingerprint density at radius 1 is 0.892 bits per heavy atom. The summed E-state index contributed by atoms with van der Waals surface area (Å²) < 4.78 is 23.9. The van der Waals surface area contributed by atoms with Gasteiger partial charge in [-0.1, -0.05) is 60.7 Å². The van der Waals surface area contributed by atoms with Crippen LogP contribution in [0.2, 0.25) is 0 Å². The Bertz CT molecular complexity index is 1550. The molecular weight excluding hydrogens is 488 g/mol. The van der Waals surface area contributed by atoms with Gasteiger partial charge >= 0.3 is 0 Å². The van der Waals surface area contributed by atoms with Gasteiger partial charge in [-0.15, -0.1) is 0 Å². The van der Waals surface area contributed by atoms with Gasteiger partial charge in [-0.2, -0.15) is 0 Å². The number of anilines is 2. The molecule has 0 radical (unpaired) electrons. The number of aldehydes is 1. The lowest BCUT2D eigenvalue weighted by molar-refractivity contribution is 0.102. The third-order valence-electron chi connectivity index (χ3n) is 5.28. The number of sulfone groups is 1. The Labute approximate surface area is 215 Å². The van der Waals surface area contributed by atoms with Gasteiger partial charge in [-0.05, 0) is 42.0 Å². The van der Waals surface area contributed by atoms with Gasteiger partial charge in [-0.3, -0.25) is 15.0 Å². The van der Waals surface area contributed by atoms with Crippen molar-refractivity contribution in [2.75, 3.05) is 17.3 Å². The third kappa shape index (κ3) is 7.12. The van der Waals surface area contributed by atoms with Gasteiger partial charge < -0.3 is 16.8 Å². The molecule has 8 nitrogen and oxygen atoms in total. The number of rotatable bonds is 6. The van der Waals surface area contributed by atoms with Crippen molar-refractivity contribution < 1.29 is 18.0 Å². The van der Waals surface area contributed by atoms with Gasteiger partial charge in [0.25, 0.3) is 5.91 Å². The van der Waals surface area contributed by atoms with Crippen LogP contribution in [0.4, 0.5) is 11.4 Å². The summed E-state index contributed by atoms with van der Waals surface area (Å²) in [6, 6.07) is 27.3. The van der Waals surface area contributed by atoms with Crippen LogP contribution in [0.3, 0.4) is 0 Å². The van der Waals surface area contributed by atoms with Crippen LogP contribution in [0.1, 0.15) is 26.3 Å². The molecule has 0 saturated carbocycles. The van der Waals surface area contributed by atoms with Crippen molar-refractivity contribution in [3.05, 3.63) is 114 Å². The maximum atomic E-state index is 12.3. The highest BCUT2D eigenvalue weighted by atomic mass is 32.2. The fourth-order valence-corrected chi connectivity index (χ4v) is 4.35. The molecule has 0 aliphatic heterocycles. The molecule has 1 amide bonds. The molecule has 0 aliphatic carbocycles. The number of nitrogens with one attached hydrogen (secondary N) is 2. The molecule has 0 unspecified atom stereocenters. The highest BCUT2D eigenvalue weighted by Crippen LogP contribution is 2.28.